The molecule has 0 heterocycles. The van der Waals surface area contributed by atoms with Crippen molar-refractivity contribution in [2.75, 3.05) is 20.1 Å². The van der Waals surface area contributed by atoms with Gasteiger partial charge in [0.2, 0.25) is 5.91 Å². The van der Waals surface area contributed by atoms with E-state index in [4.69, 9.17) is 5.11 Å². The van der Waals surface area contributed by atoms with E-state index < -0.39 is 35.4 Å². The van der Waals surface area contributed by atoms with Crippen LogP contribution in [0.2, 0.25) is 0 Å². The number of halogens is 3. The average molecular weight is 346 g/mol. The molecule has 0 radical (unpaired) electrons. The first-order valence-corrected chi connectivity index (χ1v) is 6.94. The first-order chi connectivity index (χ1) is 11.0. The van der Waals surface area contributed by atoms with Crippen molar-refractivity contribution < 1.29 is 32.7 Å². The highest BCUT2D eigenvalue weighted by atomic mass is 19.4. The molecule has 1 atom stereocenters. The van der Waals surface area contributed by atoms with E-state index in [2.05, 4.69) is 5.32 Å². The average Bonchev–Trinajstić information content (AvgIpc) is 2.51. The summed E-state index contributed by atoms with van der Waals surface area (Å²) in [6, 6.07) is 3.58. The van der Waals surface area contributed by atoms with Crippen molar-refractivity contribution in [3.8, 4) is 0 Å². The predicted molar refractivity (Wildman–Crippen MR) is 78.2 cm³/mol. The zero-order valence-electron chi connectivity index (χ0n) is 13.1. The first-order valence-electron chi connectivity index (χ1n) is 6.94. The van der Waals surface area contributed by atoms with Crippen molar-refractivity contribution in [3.05, 3.63) is 35.4 Å². The van der Waals surface area contributed by atoms with E-state index in [0.717, 1.165) is 29.2 Å². The number of hydrogen-bond donors (Lipinski definition) is 2. The number of amides is 2. The summed E-state index contributed by atoms with van der Waals surface area (Å²) in [4.78, 5) is 35.5. The van der Waals surface area contributed by atoms with Crippen LogP contribution in [0, 0.1) is 5.92 Å². The highest BCUT2D eigenvalue weighted by Gasteiger charge is 2.30. The molecule has 1 aromatic carbocycles. The number of nitrogens with zero attached hydrogens (tertiary/aromatic N) is 1. The molecule has 0 saturated carbocycles. The number of likely N-dealkylation sites (N-methyl/N-ethyl adjacent to an activating group) is 1. The molecule has 2 amide bonds. The molecule has 132 valence electrons. The Kier molecular flexibility index (Phi) is 6.33. The fourth-order valence-corrected chi connectivity index (χ4v) is 1.79. The zero-order valence-corrected chi connectivity index (χ0v) is 13.1. The van der Waals surface area contributed by atoms with Crippen molar-refractivity contribution in [3.63, 3.8) is 0 Å². The molecule has 1 rings (SSSR count). The number of carbonyl (C=O) groups excluding carboxylic acids is 2. The second-order valence-electron chi connectivity index (χ2n) is 5.27. The maximum absolute atomic E-state index is 12.4. The molecule has 0 saturated heterocycles. The minimum Gasteiger partial charge on any atom is -0.481 e. The van der Waals surface area contributed by atoms with Crippen LogP contribution in [0.25, 0.3) is 0 Å². The van der Waals surface area contributed by atoms with Gasteiger partial charge in [-0.05, 0) is 24.3 Å². The van der Waals surface area contributed by atoms with E-state index in [1.165, 1.54) is 14.0 Å². The molecule has 0 aliphatic carbocycles. The molecular formula is C15H17F3N2O4. The number of carboxylic acids is 1. The second kappa shape index (κ2) is 7.80. The van der Waals surface area contributed by atoms with Gasteiger partial charge in [-0.3, -0.25) is 14.4 Å². The monoisotopic (exact) mass is 346 g/mol. The van der Waals surface area contributed by atoms with Gasteiger partial charge in [0.05, 0.1) is 18.0 Å². The fourth-order valence-electron chi connectivity index (χ4n) is 1.79. The number of alkyl halides is 3. The van der Waals surface area contributed by atoms with Crippen molar-refractivity contribution in [1.29, 1.82) is 0 Å². The van der Waals surface area contributed by atoms with Crippen LogP contribution in [0.15, 0.2) is 24.3 Å². The molecule has 0 spiro atoms. The van der Waals surface area contributed by atoms with E-state index in [1.807, 2.05) is 0 Å². The predicted octanol–water partition coefficient (Wildman–Crippen LogP) is 1.61. The third kappa shape index (κ3) is 5.56. The molecule has 1 unspecified atom stereocenters. The SMILES string of the molecule is CC(CN(C)C(=O)CNC(=O)c1ccc(C(F)(F)F)cc1)C(=O)O. The minimum absolute atomic E-state index is 0.0163. The van der Waals surface area contributed by atoms with Gasteiger partial charge in [-0.15, -0.1) is 0 Å². The lowest BCUT2D eigenvalue weighted by Gasteiger charge is -2.19. The third-order valence-corrected chi connectivity index (χ3v) is 3.27. The minimum atomic E-state index is -4.49. The number of carboxylic acid groups (broad SMARTS) is 1. The summed E-state index contributed by atoms with van der Waals surface area (Å²) in [6.45, 7) is 1.03. The number of nitrogens with one attached hydrogen (secondary N) is 1. The lowest BCUT2D eigenvalue weighted by atomic mass is 10.1. The van der Waals surface area contributed by atoms with Gasteiger partial charge in [0.15, 0.2) is 0 Å². The zero-order chi connectivity index (χ0) is 18.5. The molecule has 2 N–H and O–H groups in total. The maximum atomic E-state index is 12.4. The van der Waals surface area contributed by atoms with Gasteiger partial charge in [-0.1, -0.05) is 6.92 Å². The van der Waals surface area contributed by atoms with Gasteiger partial charge in [0.25, 0.3) is 5.91 Å². The van der Waals surface area contributed by atoms with Crippen molar-refractivity contribution >= 4 is 17.8 Å². The third-order valence-electron chi connectivity index (χ3n) is 3.27. The van der Waals surface area contributed by atoms with Crippen LogP contribution < -0.4 is 5.32 Å². The highest BCUT2D eigenvalue weighted by molar-refractivity contribution is 5.96. The lowest BCUT2D eigenvalue weighted by Crippen LogP contribution is -2.40. The Morgan fingerprint density at radius 2 is 1.75 bits per heavy atom. The van der Waals surface area contributed by atoms with Crippen LogP contribution in [0.1, 0.15) is 22.8 Å². The summed E-state index contributed by atoms with van der Waals surface area (Å²) >= 11 is 0. The molecular weight excluding hydrogens is 329 g/mol. The Balaban J connectivity index is 2.56. The van der Waals surface area contributed by atoms with Gasteiger partial charge in [0.1, 0.15) is 0 Å². The quantitative estimate of drug-likeness (QED) is 0.819. The van der Waals surface area contributed by atoms with Crippen LogP contribution in [0.5, 0.6) is 0 Å². The lowest BCUT2D eigenvalue weighted by molar-refractivity contribution is -0.142. The Bertz CT molecular complexity index is 614. The summed E-state index contributed by atoms with van der Waals surface area (Å²) in [6.07, 6.45) is -4.49. The summed E-state index contributed by atoms with van der Waals surface area (Å²) < 4.78 is 37.3. The molecule has 0 bridgehead atoms. The molecule has 0 aromatic heterocycles. The Morgan fingerprint density at radius 1 is 1.21 bits per heavy atom. The van der Waals surface area contributed by atoms with Gasteiger partial charge >= 0.3 is 12.1 Å². The molecule has 0 aliphatic rings. The van der Waals surface area contributed by atoms with Gasteiger partial charge in [-0.25, -0.2) is 0 Å². The number of hydrogen-bond acceptors (Lipinski definition) is 3. The van der Waals surface area contributed by atoms with Crippen molar-refractivity contribution in [1.82, 2.24) is 10.2 Å². The largest absolute Gasteiger partial charge is 0.481 e. The molecule has 9 heteroatoms. The first kappa shape index (κ1) is 19.5. The smallest absolute Gasteiger partial charge is 0.416 e. The molecule has 24 heavy (non-hydrogen) atoms. The van der Waals surface area contributed by atoms with Gasteiger partial charge in [0, 0.05) is 19.2 Å². The van der Waals surface area contributed by atoms with Crippen molar-refractivity contribution in [2.24, 2.45) is 5.92 Å². The normalized spacial score (nSPS) is 12.4. The van der Waals surface area contributed by atoms with E-state index in [0.29, 0.717) is 0 Å². The Labute approximate surface area is 136 Å². The summed E-state index contributed by atoms with van der Waals surface area (Å²) in [5.74, 6) is -3.02. The van der Waals surface area contributed by atoms with Crippen molar-refractivity contribution in [2.45, 2.75) is 13.1 Å². The number of benzene rings is 1. The van der Waals surface area contributed by atoms with Crippen LogP contribution in [-0.2, 0) is 15.8 Å². The van der Waals surface area contributed by atoms with E-state index in [1.54, 1.807) is 0 Å². The fraction of sp³-hybridized carbons (Fsp3) is 0.400. The second-order valence-corrected chi connectivity index (χ2v) is 5.27. The van der Waals surface area contributed by atoms with Crippen LogP contribution in [-0.4, -0.2) is 47.9 Å². The van der Waals surface area contributed by atoms with Gasteiger partial charge in [-0.2, -0.15) is 13.2 Å². The van der Waals surface area contributed by atoms with Crippen LogP contribution >= 0.6 is 0 Å². The Morgan fingerprint density at radius 3 is 2.21 bits per heavy atom. The molecule has 0 aliphatic heterocycles. The summed E-state index contributed by atoms with van der Waals surface area (Å²) in [5.41, 5.74) is -0.894. The number of carbonyl (C=O) groups is 3. The van der Waals surface area contributed by atoms with E-state index in [9.17, 15) is 27.6 Å². The summed E-state index contributed by atoms with van der Waals surface area (Å²) in [7, 11) is 1.39. The molecule has 6 nitrogen and oxygen atoms in total. The topological polar surface area (TPSA) is 86.7 Å². The van der Waals surface area contributed by atoms with Crippen LogP contribution in [0.3, 0.4) is 0 Å². The Hall–Kier alpha value is -2.58. The number of rotatable bonds is 6. The summed E-state index contributed by atoms with van der Waals surface area (Å²) in [5, 5.41) is 11.1. The maximum Gasteiger partial charge on any atom is 0.416 e. The molecule has 1 aromatic rings. The van der Waals surface area contributed by atoms with E-state index in [-0.39, 0.29) is 18.7 Å². The molecule has 0 fully saturated rings. The standard InChI is InChI=1S/C15H17F3N2O4/c1-9(14(23)24)8-20(2)12(21)7-19-13(22)10-3-5-11(6-4-10)15(16,17)18/h3-6,9H,7-8H2,1-2H3,(H,19,22)(H,23,24). The number of aliphatic carboxylic acids is 1. The van der Waals surface area contributed by atoms with Gasteiger partial charge < -0.3 is 15.3 Å². The highest BCUT2D eigenvalue weighted by Crippen LogP contribution is 2.29. The van der Waals surface area contributed by atoms with Crippen LogP contribution in [0.4, 0.5) is 13.2 Å². The van der Waals surface area contributed by atoms with E-state index >= 15 is 0 Å².